The molecule has 5 rings (SSSR count). The molecule has 0 fully saturated rings. The average molecular weight is 354 g/mol. The summed E-state index contributed by atoms with van der Waals surface area (Å²) < 4.78 is 3.27. The summed E-state index contributed by atoms with van der Waals surface area (Å²) in [6.45, 7) is 0.506. The normalized spacial score (nSPS) is 11.3. The second-order valence-corrected chi connectivity index (χ2v) is 6.18. The van der Waals surface area contributed by atoms with Crippen LogP contribution >= 0.6 is 0 Å². The monoisotopic (exact) mass is 354 g/mol. The lowest BCUT2D eigenvalue weighted by atomic mass is 10.2. The van der Waals surface area contributed by atoms with E-state index in [0.29, 0.717) is 29.0 Å². The number of benzene rings is 1. The van der Waals surface area contributed by atoms with Crippen molar-refractivity contribution in [1.29, 1.82) is 0 Å². The fraction of sp³-hybridized carbons (Fsp3) is 0.0500. The third kappa shape index (κ3) is 2.65. The molecule has 5 aromatic rings. The molecule has 0 amide bonds. The van der Waals surface area contributed by atoms with E-state index in [4.69, 9.17) is 0 Å². The summed E-state index contributed by atoms with van der Waals surface area (Å²) >= 11 is 0. The SMILES string of the molecule is O=c1c2cnc3nc(-c4cccnc4)nn3c2ccn1Cc1ccccc1. The minimum Gasteiger partial charge on any atom is -0.310 e. The molecule has 0 unspecified atom stereocenters. The van der Waals surface area contributed by atoms with Gasteiger partial charge in [-0.05, 0) is 23.8 Å². The summed E-state index contributed by atoms with van der Waals surface area (Å²) in [6.07, 6.45) is 6.74. The lowest BCUT2D eigenvalue weighted by Gasteiger charge is -2.07. The minimum absolute atomic E-state index is 0.107. The van der Waals surface area contributed by atoms with Crippen molar-refractivity contribution in [3.8, 4) is 11.4 Å². The summed E-state index contributed by atoms with van der Waals surface area (Å²) in [5.41, 5.74) is 2.43. The van der Waals surface area contributed by atoms with Crippen LogP contribution in [0.25, 0.3) is 28.1 Å². The van der Waals surface area contributed by atoms with E-state index < -0.39 is 0 Å². The second-order valence-electron chi connectivity index (χ2n) is 6.18. The molecule has 0 aliphatic rings. The van der Waals surface area contributed by atoms with Crippen molar-refractivity contribution in [2.45, 2.75) is 6.54 Å². The van der Waals surface area contributed by atoms with Crippen LogP contribution in [0.15, 0.2) is 78.1 Å². The van der Waals surface area contributed by atoms with Gasteiger partial charge in [-0.1, -0.05) is 30.3 Å². The fourth-order valence-corrected chi connectivity index (χ4v) is 3.08. The van der Waals surface area contributed by atoms with Crippen molar-refractivity contribution < 1.29 is 0 Å². The summed E-state index contributed by atoms with van der Waals surface area (Å²) in [7, 11) is 0. The maximum atomic E-state index is 12.9. The molecule has 0 N–H and O–H groups in total. The Bertz CT molecular complexity index is 1310. The first-order chi connectivity index (χ1) is 13.3. The Balaban J connectivity index is 1.65. The van der Waals surface area contributed by atoms with Crippen LogP contribution in [-0.4, -0.2) is 29.1 Å². The first kappa shape index (κ1) is 15.4. The Labute approximate surface area is 153 Å². The van der Waals surface area contributed by atoms with Crippen molar-refractivity contribution in [2.24, 2.45) is 0 Å². The van der Waals surface area contributed by atoms with Crippen LogP contribution in [0, 0.1) is 0 Å². The van der Waals surface area contributed by atoms with Gasteiger partial charge in [0, 0.05) is 30.4 Å². The van der Waals surface area contributed by atoms with Gasteiger partial charge in [-0.25, -0.2) is 4.98 Å². The lowest BCUT2D eigenvalue weighted by molar-refractivity contribution is 0.765. The summed E-state index contributed by atoms with van der Waals surface area (Å²) in [6, 6.07) is 15.5. The van der Waals surface area contributed by atoms with E-state index in [9.17, 15) is 4.79 Å². The topological polar surface area (TPSA) is 78.0 Å². The van der Waals surface area contributed by atoms with Crippen molar-refractivity contribution in [1.82, 2.24) is 29.1 Å². The maximum absolute atomic E-state index is 12.9. The first-order valence-corrected chi connectivity index (χ1v) is 8.49. The Morgan fingerprint density at radius 3 is 2.67 bits per heavy atom. The molecule has 0 radical (unpaired) electrons. The lowest BCUT2D eigenvalue weighted by Crippen LogP contribution is -2.21. The third-order valence-electron chi connectivity index (χ3n) is 4.42. The summed E-state index contributed by atoms with van der Waals surface area (Å²) in [4.78, 5) is 25.8. The van der Waals surface area contributed by atoms with E-state index in [2.05, 4.69) is 20.1 Å². The Morgan fingerprint density at radius 1 is 0.963 bits per heavy atom. The maximum Gasteiger partial charge on any atom is 0.261 e. The number of aromatic nitrogens is 6. The molecule has 1 aromatic carbocycles. The van der Waals surface area contributed by atoms with E-state index in [-0.39, 0.29) is 5.56 Å². The fourth-order valence-electron chi connectivity index (χ4n) is 3.08. The van der Waals surface area contributed by atoms with Gasteiger partial charge in [0.25, 0.3) is 11.3 Å². The standard InChI is InChI=1S/C20H14N6O/c27-19-16-12-22-20-23-18(15-7-4-9-21-11-15)24-26(20)17(16)8-10-25(19)13-14-5-2-1-3-6-14/h1-12H,13H2. The summed E-state index contributed by atoms with van der Waals surface area (Å²) in [5.74, 6) is 0.970. The molecule has 0 spiro atoms. The smallest absolute Gasteiger partial charge is 0.261 e. The highest BCUT2D eigenvalue weighted by atomic mass is 16.1. The van der Waals surface area contributed by atoms with Crippen LogP contribution < -0.4 is 5.56 Å². The van der Waals surface area contributed by atoms with E-state index in [1.165, 1.54) is 0 Å². The van der Waals surface area contributed by atoms with Crippen LogP contribution in [-0.2, 0) is 6.54 Å². The highest BCUT2D eigenvalue weighted by Gasteiger charge is 2.12. The summed E-state index contributed by atoms with van der Waals surface area (Å²) in [5, 5.41) is 5.02. The molecular weight excluding hydrogens is 340 g/mol. The van der Waals surface area contributed by atoms with E-state index in [1.807, 2.05) is 48.5 Å². The molecule has 27 heavy (non-hydrogen) atoms. The molecule has 0 aliphatic carbocycles. The number of nitrogens with zero attached hydrogens (tertiary/aromatic N) is 6. The van der Waals surface area contributed by atoms with Gasteiger partial charge < -0.3 is 4.57 Å². The first-order valence-electron chi connectivity index (χ1n) is 8.49. The van der Waals surface area contributed by atoms with Crippen LogP contribution in [0.3, 0.4) is 0 Å². The van der Waals surface area contributed by atoms with Gasteiger partial charge in [-0.3, -0.25) is 9.78 Å². The van der Waals surface area contributed by atoms with Crippen molar-refractivity contribution in [3.05, 3.63) is 89.2 Å². The quantitative estimate of drug-likeness (QED) is 0.498. The average Bonchev–Trinajstić information content (AvgIpc) is 3.16. The minimum atomic E-state index is -0.107. The Hall–Kier alpha value is -3.87. The third-order valence-corrected chi connectivity index (χ3v) is 4.42. The van der Waals surface area contributed by atoms with Gasteiger partial charge in [-0.15, -0.1) is 5.10 Å². The van der Waals surface area contributed by atoms with Crippen LogP contribution in [0.5, 0.6) is 0 Å². The number of rotatable bonds is 3. The van der Waals surface area contributed by atoms with Gasteiger partial charge in [0.15, 0.2) is 5.82 Å². The molecule has 0 saturated heterocycles. The van der Waals surface area contributed by atoms with Crippen molar-refractivity contribution in [2.75, 3.05) is 0 Å². The molecule has 0 bridgehead atoms. The van der Waals surface area contributed by atoms with E-state index >= 15 is 0 Å². The second kappa shape index (κ2) is 6.14. The molecule has 4 heterocycles. The Morgan fingerprint density at radius 2 is 1.85 bits per heavy atom. The van der Waals surface area contributed by atoms with Crippen LogP contribution in [0.1, 0.15) is 5.56 Å². The van der Waals surface area contributed by atoms with Gasteiger partial charge in [-0.2, -0.15) is 9.50 Å². The van der Waals surface area contributed by atoms with Gasteiger partial charge in [0.05, 0.1) is 17.4 Å². The number of hydrogen-bond donors (Lipinski definition) is 0. The number of hydrogen-bond acceptors (Lipinski definition) is 5. The van der Waals surface area contributed by atoms with Gasteiger partial charge in [0.1, 0.15) is 0 Å². The molecule has 0 aliphatic heterocycles. The van der Waals surface area contributed by atoms with Crippen molar-refractivity contribution in [3.63, 3.8) is 0 Å². The molecule has 7 heteroatoms. The molecule has 7 nitrogen and oxygen atoms in total. The van der Waals surface area contributed by atoms with Gasteiger partial charge >= 0.3 is 0 Å². The van der Waals surface area contributed by atoms with Gasteiger partial charge in [0.2, 0.25) is 0 Å². The zero-order valence-corrected chi connectivity index (χ0v) is 14.2. The number of pyridine rings is 2. The molecular formula is C20H14N6O. The molecule has 0 atom stereocenters. The van der Waals surface area contributed by atoms with Crippen molar-refractivity contribution >= 4 is 16.7 Å². The molecule has 0 saturated carbocycles. The van der Waals surface area contributed by atoms with Crippen LogP contribution in [0.2, 0.25) is 0 Å². The largest absolute Gasteiger partial charge is 0.310 e. The molecule has 130 valence electrons. The highest BCUT2D eigenvalue weighted by Crippen LogP contribution is 2.17. The highest BCUT2D eigenvalue weighted by molar-refractivity contribution is 5.79. The zero-order valence-electron chi connectivity index (χ0n) is 14.2. The zero-order chi connectivity index (χ0) is 18.2. The van der Waals surface area contributed by atoms with Crippen LogP contribution in [0.4, 0.5) is 0 Å². The van der Waals surface area contributed by atoms with E-state index in [1.54, 1.807) is 33.9 Å². The molecule has 4 aromatic heterocycles. The Kier molecular flexibility index (Phi) is 3.50. The predicted octanol–water partition coefficient (Wildman–Crippen LogP) is 2.55. The predicted molar refractivity (Wildman–Crippen MR) is 101 cm³/mol. The van der Waals surface area contributed by atoms with E-state index in [0.717, 1.165) is 11.1 Å². The number of fused-ring (bicyclic) bond motifs is 3.